The molecule has 1 saturated heterocycles. The molecule has 0 aliphatic carbocycles. The van der Waals surface area contributed by atoms with E-state index in [1.54, 1.807) is 12.1 Å². The van der Waals surface area contributed by atoms with Crippen molar-refractivity contribution in [2.75, 3.05) is 0 Å². The van der Waals surface area contributed by atoms with Gasteiger partial charge in [0.05, 0.1) is 6.04 Å². The SMILES string of the molecule is CC[Si](CC)(CC)OC1C(=O)N(C(=O)c2ccc(F)cc2)C1c1ccc(Cl)cc1. The molecule has 2 unspecified atom stereocenters. The zero-order valence-electron chi connectivity index (χ0n) is 16.8. The van der Waals surface area contributed by atoms with Gasteiger partial charge in [-0.1, -0.05) is 44.5 Å². The fourth-order valence-corrected chi connectivity index (χ4v) is 6.68. The van der Waals surface area contributed by atoms with Crippen molar-refractivity contribution in [1.29, 1.82) is 0 Å². The van der Waals surface area contributed by atoms with Gasteiger partial charge in [-0.15, -0.1) is 0 Å². The molecule has 1 fully saturated rings. The lowest BCUT2D eigenvalue weighted by atomic mass is 9.90. The lowest BCUT2D eigenvalue weighted by Crippen LogP contribution is -2.64. The van der Waals surface area contributed by atoms with E-state index < -0.39 is 32.2 Å². The molecule has 0 bridgehead atoms. The smallest absolute Gasteiger partial charge is 0.261 e. The normalized spacial score (nSPS) is 19.2. The summed E-state index contributed by atoms with van der Waals surface area (Å²) in [5.74, 6) is -1.23. The van der Waals surface area contributed by atoms with Crippen molar-refractivity contribution in [3.05, 3.63) is 70.5 Å². The van der Waals surface area contributed by atoms with Gasteiger partial charge in [-0.3, -0.25) is 14.5 Å². The summed E-state index contributed by atoms with van der Waals surface area (Å²) in [6.45, 7) is 6.29. The van der Waals surface area contributed by atoms with Crippen LogP contribution in [0.15, 0.2) is 48.5 Å². The van der Waals surface area contributed by atoms with E-state index in [0.29, 0.717) is 5.02 Å². The molecule has 1 aliphatic heterocycles. The fraction of sp³-hybridized carbons (Fsp3) is 0.364. The Morgan fingerprint density at radius 2 is 1.59 bits per heavy atom. The number of amides is 2. The number of rotatable bonds is 7. The largest absolute Gasteiger partial charge is 0.403 e. The first-order valence-corrected chi connectivity index (χ1v) is 12.8. The number of benzene rings is 2. The maximum atomic E-state index is 13.2. The highest BCUT2D eigenvalue weighted by atomic mass is 35.5. The molecule has 0 aromatic heterocycles. The van der Waals surface area contributed by atoms with Crippen molar-refractivity contribution in [3.63, 3.8) is 0 Å². The van der Waals surface area contributed by atoms with E-state index in [4.69, 9.17) is 16.0 Å². The monoisotopic (exact) mass is 433 g/mol. The minimum Gasteiger partial charge on any atom is -0.403 e. The van der Waals surface area contributed by atoms with Crippen molar-refractivity contribution in [1.82, 2.24) is 4.90 Å². The van der Waals surface area contributed by atoms with Crippen LogP contribution in [0.4, 0.5) is 4.39 Å². The maximum absolute atomic E-state index is 13.2. The number of nitrogens with zero attached hydrogens (tertiary/aromatic N) is 1. The Bertz CT molecular complexity index is 876. The van der Waals surface area contributed by atoms with Crippen LogP contribution in [0.2, 0.25) is 23.2 Å². The van der Waals surface area contributed by atoms with Crippen molar-refractivity contribution >= 4 is 31.7 Å². The Kier molecular flexibility index (Phi) is 6.56. The van der Waals surface area contributed by atoms with Crippen molar-refractivity contribution < 1.29 is 18.4 Å². The Morgan fingerprint density at radius 3 is 2.10 bits per heavy atom. The summed E-state index contributed by atoms with van der Waals surface area (Å²) in [7, 11) is -2.06. The minimum absolute atomic E-state index is 0.266. The molecule has 29 heavy (non-hydrogen) atoms. The topological polar surface area (TPSA) is 46.6 Å². The first kappa shape index (κ1) is 21.7. The molecule has 154 valence electrons. The van der Waals surface area contributed by atoms with Gasteiger partial charge in [0.15, 0.2) is 14.4 Å². The molecule has 4 nitrogen and oxygen atoms in total. The molecule has 1 heterocycles. The number of imide groups is 1. The van der Waals surface area contributed by atoms with E-state index in [0.717, 1.165) is 23.7 Å². The molecule has 2 aromatic carbocycles. The zero-order valence-corrected chi connectivity index (χ0v) is 18.6. The lowest BCUT2D eigenvalue weighted by Gasteiger charge is -2.48. The molecule has 2 aromatic rings. The van der Waals surface area contributed by atoms with E-state index >= 15 is 0 Å². The van der Waals surface area contributed by atoms with Crippen LogP contribution in [0.1, 0.15) is 42.7 Å². The van der Waals surface area contributed by atoms with Gasteiger partial charge in [-0.25, -0.2) is 4.39 Å². The van der Waals surface area contributed by atoms with E-state index in [2.05, 4.69) is 20.8 Å². The van der Waals surface area contributed by atoms with Gasteiger partial charge in [-0.05, 0) is 60.1 Å². The molecule has 0 saturated carbocycles. The van der Waals surface area contributed by atoms with E-state index in [1.807, 2.05) is 12.1 Å². The Morgan fingerprint density at radius 1 is 1.03 bits per heavy atom. The highest BCUT2D eigenvalue weighted by Crippen LogP contribution is 2.41. The summed E-state index contributed by atoms with van der Waals surface area (Å²) in [5.41, 5.74) is 1.06. The van der Waals surface area contributed by atoms with Crippen LogP contribution in [0, 0.1) is 5.82 Å². The Balaban J connectivity index is 1.95. The van der Waals surface area contributed by atoms with Gasteiger partial charge in [-0.2, -0.15) is 0 Å². The summed E-state index contributed by atoms with van der Waals surface area (Å²) < 4.78 is 19.7. The molecular weight excluding hydrogens is 409 g/mol. The van der Waals surface area contributed by atoms with Gasteiger partial charge in [0.1, 0.15) is 5.82 Å². The Labute approximate surface area is 176 Å². The minimum atomic E-state index is -2.06. The number of hydrogen-bond acceptors (Lipinski definition) is 3. The second kappa shape index (κ2) is 8.77. The first-order chi connectivity index (χ1) is 13.9. The second-order valence-corrected chi connectivity index (χ2v) is 12.5. The van der Waals surface area contributed by atoms with Crippen LogP contribution < -0.4 is 0 Å². The van der Waals surface area contributed by atoms with Crippen LogP contribution in [-0.2, 0) is 9.22 Å². The van der Waals surface area contributed by atoms with E-state index in [9.17, 15) is 14.0 Å². The molecule has 0 N–H and O–H groups in total. The summed E-state index contributed by atoms with van der Waals surface area (Å²) in [6, 6.07) is 14.5. The fourth-order valence-electron chi connectivity index (χ4n) is 3.79. The predicted octanol–water partition coefficient (Wildman–Crippen LogP) is 5.59. The molecule has 7 heteroatoms. The second-order valence-electron chi connectivity index (χ2n) is 7.30. The standard InChI is InChI=1S/C22H25ClFNO3Si/c1-4-29(5-2,6-3)28-20-19(15-7-11-17(23)12-8-15)25(22(20)27)21(26)16-9-13-18(24)14-10-16/h7-14,19-20H,4-6H2,1-3H3. The highest BCUT2D eigenvalue weighted by Gasteiger charge is 2.54. The summed E-state index contributed by atoms with van der Waals surface area (Å²) in [5, 5.41) is 0.577. The van der Waals surface area contributed by atoms with Crippen LogP contribution >= 0.6 is 11.6 Å². The third-order valence-electron chi connectivity index (χ3n) is 5.88. The summed E-state index contributed by atoms with van der Waals surface area (Å²) in [6.07, 6.45) is -0.688. The number of carbonyl (C=O) groups excluding carboxylic acids is 2. The van der Waals surface area contributed by atoms with Crippen molar-refractivity contribution in [2.45, 2.75) is 51.0 Å². The average molecular weight is 434 g/mol. The van der Waals surface area contributed by atoms with Crippen molar-refractivity contribution in [3.8, 4) is 0 Å². The van der Waals surface area contributed by atoms with Gasteiger partial charge < -0.3 is 4.43 Å². The van der Waals surface area contributed by atoms with Crippen molar-refractivity contribution in [2.24, 2.45) is 0 Å². The van der Waals surface area contributed by atoms with Crippen LogP contribution in [0.3, 0.4) is 0 Å². The number of carbonyl (C=O) groups is 2. The number of hydrogen-bond donors (Lipinski definition) is 0. The number of halogens is 2. The Hall–Kier alpha value is -2.02. The van der Waals surface area contributed by atoms with Gasteiger partial charge >= 0.3 is 0 Å². The van der Waals surface area contributed by atoms with Gasteiger partial charge in [0.25, 0.3) is 11.8 Å². The number of likely N-dealkylation sites (tertiary alicyclic amines) is 1. The average Bonchev–Trinajstić information content (AvgIpc) is 2.74. The molecule has 3 rings (SSSR count). The molecule has 1 aliphatic rings. The van der Waals surface area contributed by atoms with E-state index in [-0.39, 0.29) is 11.5 Å². The number of β-lactam (4-membered cyclic amide) rings is 1. The lowest BCUT2D eigenvalue weighted by molar-refractivity contribution is -0.158. The molecule has 2 amide bonds. The molecule has 0 radical (unpaired) electrons. The predicted molar refractivity (Wildman–Crippen MR) is 114 cm³/mol. The maximum Gasteiger partial charge on any atom is 0.261 e. The third kappa shape index (κ3) is 4.15. The first-order valence-electron chi connectivity index (χ1n) is 9.92. The molecular formula is C22H25ClFNO3Si. The highest BCUT2D eigenvalue weighted by molar-refractivity contribution is 6.73. The van der Waals surface area contributed by atoms with Gasteiger partial charge in [0.2, 0.25) is 0 Å². The molecule has 0 spiro atoms. The quantitative estimate of drug-likeness (QED) is 0.324. The summed E-state index contributed by atoms with van der Waals surface area (Å²) in [4.78, 5) is 27.3. The van der Waals surface area contributed by atoms with Crippen LogP contribution in [0.5, 0.6) is 0 Å². The summed E-state index contributed by atoms with van der Waals surface area (Å²) >= 11 is 6.02. The third-order valence-corrected chi connectivity index (χ3v) is 10.7. The van der Waals surface area contributed by atoms with Crippen LogP contribution in [-0.4, -0.2) is 31.1 Å². The van der Waals surface area contributed by atoms with Crippen LogP contribution in [0.25, 0.3) is 0 Å². The zero-order chi connectivity index (χ0) is 21.2. The molecule has 2 atom stereocenters. The van der Waals surface area contributed by atoms with Gasteiger partial charge in [0, 0.05) is 10.6 Å². The van der Waals surface area contributed by atoms with E-state index in [1.165, 1.54) is 29.2 Å².